The van der Waals surface area contributed by atoms with Crippen molar-refractivity contribution in [2.24, 2.45) is 0 Å². The van der Waals surface area contributed by atoms with Gasteiger partial charge in [-0.1, -0.05) is 60.7 Å². The molecule has 0 saturated carbocycles. The first kappa shape index (κ1) is 24.1. The van der Waals surface area contributed by atoms with E-state index in [9.17, 15) is 19.8 Å². The van der Waals surface area contributed by atoms with Gasteiger partial charge in [0.1, 0.15) is 0 Å². The second-order valence-electron chi connectivity index (χ2n) is 7.28. The van der Waals surface area contributed by atoms with E-state index in [0.717, 1.165) is 11.1 Å². The molecule has 2 aromatic carbocycles. The molecule has 0 aliphatic carbocycles. The Bertz CT molecular complexity index is 738. The highest BCUT2D eigenvalue weighted by Gasteiger charge is 2.24. The maximum atomic E-state index is 11.1. The SMILES string of the molecule is O=C(O)NC(Cc1ccccc1)[C@H](O)CNC[C@H](O)C(Cc1ccccc1)NC(=O)O. The molecule has 0 spiro atoms. The van der Waals surface area contributed by atoms with Crippen molar-refractivity contribution in [1.29, 1.82) is 0 Å². The molecular weight excluding hydrogens is 402 g/mol. The number of hydrogen-bond donors (Lipinski definition) is 7. The van der Waals surface area contributed by atoms with E-state index in [-0.39, 0.29) is 13.1 Å². The van der Waals surface area contributed by atoms with E-state index in [2.05, 4.69) is 16.0 Å². The van der Waals surface area contributed by atoms with Gasteiger partial charge >= 0.3 is 12.2 Å². The summed E-state index contributed by atoms with van der Waals surface area (Å²) in [7, 11) is 0. The Morgan fingerprint density at radius 3 is 1.35 bits per heavy atom. The first-order chi connectivity index (χ1) is 14.8. The summed E-state index contributed by atoms with van der Waals surface area (Å²) >= 11 is 0. The zero-order valence-corrected chi connectivity index (χ0v) is 17.0. The smallest absolute Gasteiger partial charge is 0.404 e. The zero-order chi connectivity index (χ0) is 22.6. The molecule has 2 amide bonds. The lowest BCUT2D eigenvalue weighted by Crippen LogP contribution is -2.52. The molecule has 7 N–H and O–H groups in total. The molecule has 4 atom stereocenters. The van der Waals surface area contributed by atoms with Crippen LogP contribution in [0.25, 0.3) is 0 Å². The van der Waals surface area contributed by atoms with Crippen molar-refractivity contribution in [3.63, 3.8) is 0 Å². The van der Waals surface area contributed by atoms with Crippen molar-refractivity contribution in [1.82, 2.24) is 16.0 Å². The number of aliphatic hydroxyl groups is 2. The van der Waals surface area contributed by atoms with Crippen LogP contribution in [0.3, 0.4) is 0 Å². The first-order valence-electron chi connectivity index (χ1n) is 9.98. The summed E-state index contributed by atoms with van der Waals surface area (Å²) < 4.78 is 0. The second-order valence-corrected chi connectivity index (χ2v) is 7.28. The summed E-state index contributed by atoms with van der Waals surface area (Å²) in [6.45, 7) is 0.0277. The van der Waals surface area contributed by atoms with Gasteiger partial charge in [0.2, 0.25) is 0 Å². The fraction of sp³-hybridized carbons (Fsp3) is 0.364. The van der Waals surface area contributed by atoms with Crippen LogP contribution in [0.15, 0.2) is 60.7 Å². The Labute approximate surface area is 180 Å². The number of aliphatic hydroxyl groups excluding tert-OH is 2. The lowest BCUT2D eigenvalue weighted by molar-refractivity contribution is 0.0971. The van der Waals surface area contributed by atoms with Crippen molar-refractivity contribution in [3.05, 3.63) is 71.8 Å². The van der Waals surface area contributed by atoms with Gasteiger partial charge in [-0.3, -0.25) is 0 Å². The summed E-state index contributed by atoms with van der Waals surface area (Å²) in [5, 5.41) is 46.6. The van der Waals surface area contributed by atoms with Crippen molar-refractivity contribution in [2.75, 3.05) is 13.1 Å². The van der Waals surface area contributed by atoms with E-state index in [1.54, 1.807) is 0 Å². The highest BCUT2D eigenvalue weighted by molar-refractivity contribution is 5.65. The Kier molecular flexibility index (Phi) is 9.76. The lowest BCUT2D eigenvalue weighted by Gasteiger charge is -2.26. The third-order valence-electron chi connectivity index (χ3n) is 4.85. The normalized spacial score (nSPS) is 14.8. The fourth-order valence-electron chi connectivity index (χ4n) is 3.28. The predicted molar refractivity (Wildman–Crippen MR) is 115 cm³/mol. The van der Waals surface area contributed by atoms with Gasteiger partial charge in [-0.25, -0.2) is 9.59 Å². The minimum absolute atomic E-state index is 0.0139. The van der Waals surface area contributed by atoms with E-state index >= 15 is 0 Å². The molecule has 0 fully saturated rings. The van der Waals surface area contributed by atoms with Crippen molar-refractivity contribution in [3.8, 4) is 0 Å². The van der Waals surface area contributed by atoms with Crippen LogP contribution in [0.4, 0.5) is 9.59 Å². The molecule has 0 heterocycles. The molecule has 9 nitrogen and oxygen atoms in total. The van der Waals surface area contributed by atoms with Gasteiger partial charge in [0.25, 0.3) is 0 Å². The Morgan fingerprint density at radius 1 is 0.677 bits per heavy atom. The number of amides is 2. The molecule has 2 aromatic rings. The monoisotopic (exact) mass is 431 g/mol. The number of hydrogen-bond acceptors (Lipinski definition) is 5. The Balaban J connectivity index is 1.90. The maximum Gasteiger partial charge on any atom is 0.404 e. The van der Waals surface area contributed by atoms with E-state index in [0.29, 0.717) is 12.8 Å². The largest absolute Gasteiger partial charge is 0.465 e. The molecule has 168 valence electrons. The predicted octanol–water partition coefficient (Wildman–Crippen LogP) is 1.06. The molecule has 0 aliphatic rings. The van der Waals surface area contributed by atoms with Crippen LogP contribution in [-0.2, 0) is 12.8 Å². The zero-order valence-electron chi connectivity index (χ0n) is 17.0. The van der Waals surface area contributed by atoms with Crippen LogP contribution in [0.5, 0.6) is 0 Å². The standard InChI is InChI=1S/C22H29N3O6/c26-19(17(24-21(28)29)11-15-7-3-1-4-8-15)13-23-14-20(27)18(25-22(30)31)12-16-9-5-2-6-10-16/h1-10,17-20,23-27H,11-14H2,(H,28,29)(H,30,31)/t17?,18?,19-,20+. The van der Waals surface area contributed by atoms with Gasteiger partial charge in [0, 0.05) is 13.1 Å². The van der Waals surface area contributed by atoms with Crippen LogP contribution in [0.1, 0.15) is 11.1 Å². The van der Waals surface area contributed by atoms with Gasteiger partial charge in [-0.2, -0.15) is 0 Å². The third-order valence-corrected chi connectivity index (χ3v) is 4.85. The summed E-state index contributed by atoms with van der Waals surface area (Å²) in [6, 6.07) is 16.9. The molecule has 9 heteroatoms. The minimum Gasteiger partial charge on any atom is -0.465 e. The Morgan fingerprint density at radius 2 is 1.03 bits per heavy atom. The van der Waals surface area contributed by atoms with Crippen molar-refractivity contribution >= 4 is 12.2 Å². The number of benzene rings is 2. The lowest BCUT2D eigenvalue weighted by atomic mass is 10.00. The fourth-order valence-corrected chi connectivity index (χ4v) is 3.28. The molecule has 2 rings (SSSR count). The Hall–Kier alpha value is -3.14. The topological polar surface area (TPSA) is 151 Å². The number of carboxylic acid groups (broad SMARTS) is 2. The summed E-state index contributed by atoms with van der Waals surface area (Å²) in [4.78, 5) is 22.2. The van der Waals surface area contributed by atoms with Gasteiger partial charge < -0.3 is 36.4 Å². The van der Waals surface area contributed by atoms with E-state index < -0.39 is 36.5 Å². The van der Waals surface area contributed by atoms with E-state index in [1.807, 2.05) is 60.7 Å². The summed E-state index contributed by atoms with van der Waals surface area (Å²) in [5.41, 5.74) is 1.74. The maximum absolute atomic E-state index is 11.1. The average Bonchev–Trinajstić information content (AvgIpc) is 2.73. The highest BCUT2D eigenvalue weighted by atomic mass is 16.4. The van der Waals surface area contributed by atoms with Crippen LogP contribution >= 0.6 is 0 Å². The van der Waals surface area contributed by atoms with Gasteiger partial charge in [0.15, 0.2) is 0 Å². The molecule has 0 radical (unpaired) electrons. The molecule has 0 saturated heterocycles. The van der Waals surface area contributed by atoms with Crippen LogP contribution < -0.4 is 16.0 Å². The molecule has 0 aromatic heterocycles. The molecule has 2 unspecified atom stereocenters. The minimum atomic E-state index is -1.24. The van der Waals surface area contributed by atoms with Crippen molar-refractivity contribution in [2.45, 2.75) is 37.1 Å². The average molecular weight is 431 g/mol. The second kappa shape index (κ2) is 12.5. The van der Waals surface area contributed by atoms with E-state index in [1.165, 1.54) is 0 Å². The van der Waals surface area contributed by atoms with Gasteiger partial charge in [-0.05, 0) is 24.0 Å². The highest BCUT2D eigenvalue weighted by Crippen LogP contribution is 2.08. The van der Waals surface area contributed by atoms with Crippen LogP contribution in [-0.4, -0.2) is 70.0 Å². The summed E-state index contributed by atoms with van der Waals surface area (Å²) in [5.74, 6) is 0. The quantitative estimate of drug-likeness (QED) is 0.265. The number of carbonyl (C=O) groups is 2. The van der Waals surface area contributed by atoms with Crippen LogP contribution in [0.2, 0.25) is 0 Å². The van der Waals surface area contributed by atoms with Gasteiger partial charge in [0.05, 0.1) is 24.3 Å². The third kappa shape index (κ3) is 9.04. The molecule has 31 heavy (non-hydrogen) atoms. The summed E-state index contributed by atoms with van der Waals surface area (Å²) in [6.07, 6.45) is -3.99. The number of rotatable bonds is 12. The van der Waals surface area contributed by atoms with Gasteiger partial charge in [-0.15, -0.1) is 0 Å². The van der Waals surface area contributed by atoms with Crippen molar-refractivity contribution < 1.29 is 30.0 Å². The van der Waals surface area contributed by atoms with E-state index in [4.69, 9.17) is 10.2 Å². The molecule has 0 bridgehead atoms. The number of nitrogens with one attached hydrogen (secondary N) is 3. The first-order valence-corrected chi connectivity index (χ1v) is 9.98. The molecule has 0 aliphatic heterocycles. The van der Waals surface area contributed by atoms with Crippen LogP contribution in [0, 0.1) is 0 Å². The molecular formula is C22H29N3O6.